The monoisotopic (exact) mass is 290 g/mol. The first kappa shape index (κ1) is 14.6. The van der Waals surface area contributed by atoms with E-state index in [1.807, 2.05) is 0 Å². The first-order chi connectivity index (χ1) is 8.43. The fourth-order valence-corrected chi connectivity index (χ4v) is 1.59. The summed E-state index contributed by atoms with van der Waals surface area (Å²) in [6.45, 7) is 1.66. The second-order valence-electron chi connectivity index (χ2n) is 3.52. The van der Waals surface area contributed by atoms with Gasteiger partial charge < -0.3 is 15.7 Å². The molecule has 1 atom stereocenters. The second kappa shape index (κ2) is 6.47. The number of hydrogen-bond acceptors (Lipinski definition) is 2. The van der Waals surface area contributed by atoms with Gasteiger partial charge in [0.25, 0.3) is 0 Å². The van der Waals surface area contributed by atoms with E-state index in [0.29, 0.717) is 15.7 Å². The first-order valence-electron chi connectivity index (χ1n) is 5.19. The maximum atomic E-state index is 11.6. The van der Waals surface area contributed by atoms with E-state index in [-0.39, 0.29) is 6.42 Å². The number of nitrogens with one attached hydrogen (secondary N) is 2. The van der Waals surface area contributed by atoms with Crippen LogP contribution in [-0.2, 0) is 4.79 Å². The van der Waals surface area contributed by atoms with E-state index in [4.69, 9.17) is 28.3 Å². The van der Waals surface area contributed by atoms with Crippen molar-refractivity contribution in [2.24, 2.45) is 0 Å². The number of amides is 2. The van der Waals surface area contributed by atoms with E-state index in [9.17, 15) is 9.59 Å². The highest BCUT2D eigenvalue weighted by Gasteiger charge is 2.17. The van der Waals surface area contributed by atoms with E-state index < -0.39 is 18.0 Å². The van der Waals surface area contributed by atoms with Crippen LogP contribution in [0.4, 0.5) is 10.5 Å². The van der Waals surface area contributed by atoms with E-state index in [2.05, 4.69) is 10.6 Å². The maximum absolute atomic E-state index is 11.6. The third-order valence-electron chi connectivity index (χ3n) is 2.19. The first-order valence-corrected chi connectivity index (χ1v) is 5.95. The number of hydrogen-bond donors (Lipinski definition) is 3. The molecule has 0 aliphatic heterocycles. The Morgan fingerprint density at radius 3 is 2.61 bits per heavy atom. The van der Waals surface area contributed by atoms with Crippen LogP contribution in [0, 0.1) is 0 Å². The lowest BCUT2D eigenvalue weighted by atomic mass is 10.2. The van der Waals surface area contributed by atoms with Gasteiger partial charge in [-0.3, -0.25) is 0 Å². The fraction of sp³-hybridized carbons (Fsp3) is 0.273. The summed E-state index contributed by atoms with van der Waals surface area (Å²) >= 11 is 11.6. The number of carbonyl (C=O) groups is 2. The lowest BCUT2D eigenvalue weighted by molar-refractivity contribution is -0.139. The Morgan fingerprint density at radius 2 is 2.06 bits per heavy atom. The molecule has 0 radical (unpaired) electrons. The summed E-state index contributed by atoms with van der Waals surface area (Å²) in [6, 6.07) is 3.01. The molecule has 0 aliphatic rings. The van der Waals surface area contributed by atoms with Gasteiger partial charge in [0.15, 0.2) is 0 Å². The summed E-state index contributed by atoms with van der Waals surface area (Å²) in [6.07, 6.45) is 0.284. The third-order valence-corrected chi connectivity index (χ3v) is 2.75. The van der Waals surface area contributed by atoms with Crippen LogP contribution < -0.4 is 10.6 Å². The number of carboxylic acid groups (broad SMARTS) is 1. The maximum Gasteiger partial charge on any atom is 0.326 e. The van der Waals surface area contributed by atoms with Crippen molar-refractivity contribution in [3.05, 3.63) is 28.2 Å². The number of halogens is 2. The summed E-state index contributed by atoms with van der Waals surface area (Å²) < 4.78 is 0. The highest BCUT2D eigenvalue weighted by atomic mass is 35.5. The van der Waals surface area contributed by atoms with E-state index in [1.165, 1.54) is 12.1 Å². The van der Waals surface area contributed by atoms with Crippen LogP contribution in [-0.4, -0.2) is 23.1 Å². The minimum Gasteiger partial charge on any atom is -0.480 e. The van der Waals surface area contributed by atoms with Crippen LogP contribution in [0.1, 0.15) is 13.3 Å². The molecule has 1 aromatic carbocycles. The number of urea groups is 1. The van der Waals surface area contributed by atoms with E-state index >= 15 is 0 Å². The van der Waals surface area contributed by atoms with Gasteiger partial charge in [-0.15, -0.1) is 0 Å². The molecular formula is C11H12Cl2N2O3. The molecule has 0 fully saturated rings. The van der Waals surface area contributed by atoms with Crippen molar-refractivity contribution in [1.82, 2.24) is 5.32 Å². The molecule has 2 amide bonds. The second-order valence-corrected chi connectivity index (χ2v) is 4.37. The Kier molecular flexibility index (Phi) is 5.25. The van der Waals surface area contributed by atoms with Crippen LogP contribution in [0.25, 0.3) is 0 Å². The quantitative estimate of drug-likeness (QED) is 0.798. The Morgan fingerprint density at radius 1 is 1.39 bits per heavy atom. The van der Waals surface area contributed by atoms with Gasteiger partial charge in [-0.1, -0.05) is 30.1 Å². The molecule has 0 saturated heterocycles. The van der Waals surface area contributed by atoms with Crippen molar-refractivity contribution in [1.29, 1.82) is 0 Å². The number of rotatable bonds is 4. The molecule has 0 aromatic heterocycles. The molecule has 7 heteroatoms. The lowest BCUT2D eigenvalue weighted by Crippen LogP contribution is -2.42. The molecule has 0 heterocycles. The average molecular weight is 291 g/mol. The van der Waals surface area contributed by atoms with Gasteiger partial charge in [-0.2, -0.15) is 0 Å². The van der Waals surface area contributed by atoms with Gasteiger partial charge in [0.05, 0.1) is 10.7 Å². The van der Waals surface area contributed by atoms with Gasteiger partial charge in [0.1, 0.15) is 6.04 Å². The minimum absolute atomic E-state index is 0.284. The Labute approximate surface area is 114 Å². The summed E-state index contributed by atoms with van der Waals surface area (Å²) in [5.74, 6) is -1.09. The number of carbonyl (C=O) groups excluding carboxylic acids is 1. The van der Waals surface area contributed by atoms with Crippen LogP contribution >= 0.6 is 23.2 Å². The van der Waals surface area contributed by atoms with Gasteiger partial charge in [-0.05, 0) is 24.6 Å². The van der Waals surface area contributed by atoms with Gasteiger partial charge in [-0.25, -0.2) is 9.59 Å². The molecule has 3 N–H and O–H groups in total. The van der Waals surface area contributed by atoms with Crippen LogP contribution in [0.5, 0.6) is 0 Å². The molecule has 0 bridgehead atoms. The number of benzene rings is 1. The summed E-state index contributed by atoms with van der Waals surface area (Å²) in [5.41, 5.74) is 0.321. The molecule has 0 saturated carbocycles. The number of aliphatic carboxylic acids is 1. The molecule has 0 spiro atoms. The smallest absolute Gasteiger partial charge is 0.326 e. The van der Waals surface area contributed by atoms with E-state index in [1.54, 1.807) is 13.0 Å². The molecule has 1 aromatic rings. The van der Waals surface area contributed by atoms with Crippen molar-refractivity contribution < 1.29 is 14.7 Å². The lowest BCUT2D eigenvalue weighted by Gasteiger charge is -2.13. The minimum atomic E-state index is -1.09. The SMILES string of the molecule is CC[C@@H](NC(=O)Nc1cc(Cl)ccc1Cl)C(=O)O. The average Bonchev–Trinajstić information content (AvgIpc) is 2.30. The fourth-order valence-electron chi connectivity index (χ4n) is 1.25. The van der Waals surface area contributed by atoms with Gasteiger partial charge >= 0.3 is 12.0 Å². The van der Waals surface area contributed by atoms with Crippen LogP contribution in [0.15, 0.2) is 18.2 Å². The predicted molar refractivity (Wildman–Crippen MR) is 70.3 cm³/mol. The zero-order valence-electron chi connectivity index (χ0n) is 9.54. The van der Waals surface area contributed by atoms with Crippen molar-refractivity contribution in [3.8, 4) is 0 Å². The highest BCUT2D eigenvalue weighted by molar-refractivity contribution is 6.35. The molecule has 0 unspecified atom stereocenters. The molecule has 18 heavy (non-hydrogen) atoms. The van der Waals surface area contributed by atoms with Gasteiger partial charge in [0.2, 0.25) is 0 Å². The number of anilines is 1. The zero-order chi connectivity index (χ0) is 13.7. The predicted octanol–water partition coefficient (Wildman–Crippen LogP) is 2.98. The topological polar surface area (TPSA) is 78.4 Å². The zero-order valence-corrected chi connectivity index (χ0v) is 11.0. The van der Waals surface area contributed by atoms with Crippen molar-refractivity contribution >= 4 is 40.9 Å². The highest BCUT2D eigenvalue weighted by Crippen LogP contribution is 2.25. The molecule has 5 nitrogen and oxygen atoms in total. The Balaban J connectivity index is 2.70. The Bertz CT molecular complexity index is 466. The van der Waals surface area contributed by atoms with Gasteiger partial charge in [0, 0.05) is 5.02 Å². The van der Waals surface area contributed by atoms with E-state index in [0.717, 1.165) is 0 Å². The largest absolute Gasteiger partial charge is 0.480 e. The summed E-state index contributed by atoms with van der Waals surface area (Å²) in [4.78, 5) is 22.3. The van der Waals surface area contributed by atoms with Crippen LogP contribution in [0.3, 0.4) is 0 Å². The summed E-state index contributed by atoms with van der Waals surface area (Å²) in [5, 5.41) is 14.3. The van der Waals surface area contributed by atoms with Crippen molar-refractivity contribution in [3.63, 3.8) is 0 Å². The van der Waals surface area contributed by atoms with Crippen LogP contribution in [0.2, 0.25) is 10.0 Å². The molecule has 98 valence electrons. The van der Waals surface area contributed by atoms with Crippen molar-refractivity contribution in [2.75, 3.05) is 5.32 Å². The molecule has 1 rings (SSSR count). The summed E-state index contributed by atoms with van der Waals surface area (Å²) in [7, 11) is 0. The number of carboxylic acids is 1. The standard InChI is InChI=1S/C11H12Cl2N2O3/c1-2-8(10(16)17)14-11(18)15-9-5-6(12)3-4-7(9)13/h3-5,8H,2H2,1H3,(H,16,17)(H2,14,15,18)/t8-/m1/s1. The Hall–Kier alpha value is -1.46. The molecular weight excluding hydrogens is 279 g/mol. The molecule has 0 aliphatic carbocycles. The third kappa shape index (κ3) is 4.09. The van der Waals surface area contributed by atoms with Crippen molar-refractivity contribution in [2.45, 2.75) is 19.4 Å². The normalized spacial score (nSPS) is 11.7.